The van der Waals surface area contributed by atoms with Gasteiger partial charge in [-0.2, -0.15) is 10.4 Å². The number of aromatic nitrogens is 2. The van der Waals surface area contributed by atoms with Crippen molar-refractivity contribution >= 4 is 23.3 Å². The zero-order valence-corrected chi connectivity index (χ0v) is 10.8. The van der Waals surface area contributed by atoms with E-state index in [1.807, 2.05) is 6.92 Å². The summed E-state index contributed by atoms with van der Waals surface area (Å²) in [5, 5.41) is 15.5. The van der Waals surface area contributed by atoms with Crippen LogP contribution in [0, 0.1) is 16.7 Å². The number of aromatic amines is 1. The first-order valence-electron chi connectivity index (χ1n) is 5.67. The lowest BCUT2D eigenvalue weighted by Gasteiger charge is -2.35. The summed E-state index contributed by atoms with van der Waals surface area (Å²) in [6.07, 6.45) is 1.60. The molecule has 2 rings (SSSR count). The Kier molecular flexibility index (Phi) is 3.18. The van der Waals surface area contributed by atoms with Crippen molar-refractivity contribution in [3.05, 3.63) is 10.7 Å². The smallest absolute Gasteiger partial charge is 0.273 e. The molecule has 0 bridgehead atoms. The van der Waals surface area contributed by atoms with E-state index in [4.69, 9.17) is 22.6 Å². The van der Waals surface area contributed by atoms with E-state index in [1.54, 1.807) is 4.90 Å². The molecule has 0 aromatic carbocycles. The SMILES string of the molecule is C[C@@]1(C#N)CCCN(C(=O)c2[nH]nc(N)c2Cl)C1. The van der Waals surface area contributed by atoms with Crippen molar-refractivity contribution in [2.24, 2.45) is 5.41 Å². The number of amides is 1. The van der Waals surface area contributed by atoms with Crippen molar-refractivity contribution < 1.29 is 4.79 Å². The largest absolute Gasteiger partial charge is 0.381 e. The highest BCUT2D eigenvalue weighted by Gasteiger charge is 2.34. The van der Waals surface area contributed by atoms with Crippen LogP contribution in [0.2, 0.25) is 5.02 Å². The number of anilines is 1. The number of rotatable bonds is 1. The van der Waals surface area contributed by atoms with Crippen LogP contribution in [0.5, 0.6) is 0 Å². The van der Waals surface area contributed by atoms with Gasteiger partial charge in [-0.3, -0.25) is 9.89 Å². The van der Waals surface area contributed by atoms with Crippen LogP contribution < -0.4 is 5.73 Å². The summed E-state index contributed by atoms with van der Waals surface area (Å²) in [4.78, 5) is 13.9. The molecule has 6 nitrogen and oxygen atoms in total. The standard InChI is InChI=1S/C11H14ClN5O/c1-11(5-13)3-2-4-17(6-11)10(18)8-7(12)9(14)16-15-8/h2-4,6H2,1H3,(H3,14,15,16)/t11-/m0/s1. The first kappa shape index (κ1) is 12.7. The minimum absolute atomic E-state index is 0.111. The molecule has 18 heavy (non-hydrogen) atoms. The molecule has 1 aromatic heterocycles. The Bertz CT molecular complexity index is 520. The Morgan fingerprint density at radius 1 is 1.72 bits per heavy atom. The summed E-state index contributed by atoms with van der Waals surface area (Å²) >= 11 is 5.90. The zero-order valence-electron chi connectivity index (χ0n) is 10.0. The van der Waals surface area contributed by atoms with E-state index in [1.165, 1.54) is 0 Å². The van der Waals surface area contributed by atoms with Crippen LogP contribution in [0.1, 0.15) is 30.3 Å². The number of nitriles is 1. The van der Waals surface area contributed by atoms with E-state index in [-0.39, 0.29) is 22.4 Å². The van der Waals surface area contributed by atoms with Crippen LogP contribution >= 0.6 is 11.6 Å². The van der Waals surface area contributed by atoms with E-state index in [2.05, 4.69) is 16.3 Å². The number of carbonyl (C=O) groups is 1. The number of likely N-dealkylation sites (tertiary alicyclic amines) is 1. The van der Waals surface area contributed by atoms with Crippen molar-refractivity contribution in [1.82, 2.24) is 15.1 Å². The molecule has 1 saturated heterocycles. The minimum Gasteiger partial charge on any atom is -0.381 e. The van der Waals surface area contributed by atoms with E-state index in [0.29, 0.717) is 13.1 Å². The highest BCUT2D eigenvalue weighted by atomic mass is 35.5. The predicted octanol–water partition coefficient (Wildman–Crippen LogP) is 1.41. The van der Waals surface area contributed by atoms with Crippen LogP contribution in [0.25, 0.3) is 0 Å². The summed E-state index contributed by atoms with van der Waals surface area (Å²) in [5.74, 6) is -0.148. The molecule has 2 heterocycles. The average molecular weight is 268 g/mol. The number of halogens is 1. The lowest BCUT2D eigenvalue weighted by Crippen LogP contribution is -2.44. The maximum atomic E-state index is 12.2. The topological polar surface area (TPSA) is 98.8 Å². The van der Waals surface area contributed by atoms with Crippen molar-refractivity contribution in [1.29, 1.82) is 5.26 Å². The van der Waals surface area contributed by atoms with Crippen molar-refractivity contribution in [2.45, 2.75) is 19.8 Å². The summed E-state index contributed by atoms with van der Waals surface area (Å²) in [6.45, 7) is 2.87. The van der Waals surface area contributed by atoms with Crippen molar-refractivity contribution in [3.8, 4) is 6.07 Å². The van der Waals surface area contributed by atoms with Crippen molar-refractivity contribution in [2.75, 3.05) is 18.8 Å². The van der Waals surface area contributed by atoms with E-state index in [9.17, 15) is 4.79 Å². The van der Waals surface area contributed by atoms with Crippen LogP contribution in [-0.2, 0) is 0 Å². The second kappa shape index (κ2) is 4.50. The van der Waals surface area contributed by atoms with E-state index < -0.39 is 5.41 Å². The van der Waals surface area contributed by atoms with Crippen LogP contribution in [0.3, 0.4) is 0 Å². The number of piperidine rings is 1. The quantitative estimate of drug-likeness (QED) is 0.804. The fourth-order valence-electron chi connectivity index (χ4n) is 2.15. The number of hydrogen-bond donors (Lipinski definition) is 2. The Morgan fingerprint density at radius 2 is 2.44 bits per heavy atom. The number of H-pyrrole nitrogens is 1. The highest BCUT2D eigenvalue weighted by molar-refractivity contribution is 6.35. The third-order valence-electron chi connectivity index (χ3n) is 3.20. The molecule has 7 heteroatoms. The lowest BCUT2D eigenvalue weighted by atomic mass is 9.83. The van der Waals surface area contributed by atoms with Gasteiger partial charge in [0.25, 0.3) is 5.91 Å². The molecule has 0 radical (unpaired) electrons. The number of carbonyl (C=O) groups excluding carboxylic acids is 1. The monoisotopic (exact) mass is 267 g/mol. The Hall–Kier alpha value is -1.74. The van der Waals surface area contributed by atoms with Gasteiger partial charge in [0.05, 0.1) is 11.5 Å². The van der Waals surface area contributed by atoms with Crippen LogP contribution in [0.4, 0.5) is 5.82 Å². The number of hydrogen-bond acceptors (Lipinski definition) is 4. The summed E-state index contributed by atoms with van der Waals surface area (Å²) in [5.41, 5.74) is 5.19. The minimum atomic E-state index is -0.494. The van der Waals surface area contributed by atoms with Gasteiger partial charge in [-0.05, 0) is 19.8 Å². The zero-order chi connectivity index (χ0) is 13.3. The van der Waals surface area contributed by atoms with Crippen LogP contribution in [0.15, 0.2) is 0 Å². The van der Waals surface area contributed by atoms with E-state index in [0.717, 1.165) is 12.8 Å². The van der Waals surface area contributed by atoms with Gasteiger partial charge >= 0.3 is 0 Å². The summed E-state index contributed by atoms with van der Waals surface area (Å²) < 4.78 is 0. The van der Waals surface area contributed by atoms with Gasteiger partial charge in [0.15, 0.2) is 5.82 Å². The first-order valence-corrected chi connectivity index (χ1v) is 6.04. The fraction of sp³-hybridized carbons (Fsp3) is 0.545. The van der Waals surface area contributed by atoms with E-state index >= 15 is 0 Å². The summed E-state index contributed by atoms with van der Waals surface area (Å²) in [7, 11) is 0. The first-order chi connectivity index (χ1) is 8.47. The highest BCUT2D eigenvalue weighted by Crippen LogP contribution is 2.30. The molecule has 0 spiro atoms. The molecule has 3 N–H and O–H groups in total. The molecule has 1 atom stereocenters. The van der Waals surface area contributed by atoms with Crippen LogP contribution in [-0.4, -0.2) is 34.1 Å². The third kappa shape index (κ3) is 2.14. The second-order valence-corrected chi connectivity index (χ2v) is 5.18. The molecule has 0 saturated carbocycles. The Balaban J connectivity index is 2.20. The van der Waals surface area contributed by atoms with Gasteiger partial charge in [0.1, 0.15) is 10.7 Å². The number of nitrogen functional groups attached to an aromatic ring is 1. The molecular formula is C11H14ClN5O. The van der Waals surface area contributed by atoms with Gasteiger partial charge in [0.2, 0.25) is 0 Å². The van der Waals surface area contributed by atoms with Gasteiger partial charge in [-0.1, -0.05) is 11.6 Å². The fourth-order valence-corrected chi connectivity index (χ4v) is 2.31. The van der Waals surface area contributed by atoms with Gasteiger partial charge < -0.3 is 10.6 Å². The normalized spacial score (nSPS) is 23.7. The average Bonchev–Trinajstić information content (AvgIpc) is 2.69. The van der Waals surface area contributed by atoms with Gasteiger partial charge in [-0.25, -0.2) is 0 Å². The number of nitrogens with one attached hydrogen (secondary N) is 1. The van der Waals surface area contributed by atoms with Gasteiger partial charge in [0, 0.05) is 13.1 Å². The summed E-state index contributed by atoms with van der Waals surface area (Å²) in [6, 6.07) is 2.26. The molecule has 1 aliphatic rings. The molecular weight excluding hydrogens is 254 g/mol. The lowest BCUT2D eigenvalue weighted by molar-refractivity contribution is 0.0624. The molecule has 1 amide bonds. The molecule has 0 aliphatic carbocycles. The maximum absolute atomic E-state index is 12.2. The Labute approximate surface area is 110 Å². The molecule has 96 valence electrons. The Morgan fingerprint density at radius 3 is 3.00 bits per heavy atom. The number of nitrogens with zero attached hydrogens (tertiary/aromatic N) is 3. The maximum Gasteiger partial charge on any atom is 0.273 e. The molecule has 0 unspecified atom stereocenters. The molecule has 1 aliphatic heterocycles. The third-order valence-corrected chi connectivity index (χ3v) is 3.58. The van der Waals surface area contributed by atoms with Crippen molar-refractivity contribution in [3.63, 3.8) is 0 Å². The molecule has 1 aromatic rings. The number of nitrogens with two attached hydrogens (primary N) is 1. The molecule has 1 fully saturated rings. The van der Waals surface area contributed by atoms with Gasteiger partial charge in [-0.15, -0.1) is 0 Å². The second-order valence-electron chi connectivity index (χ2n) is 4.80. The predicted molar refractivity (Wildman–Crippen MR) is 66.9 cm³/mol.